The zero-order chi connectivity index (χ0) is 17.1. The molecule has 3 rings (SSSR count). The van der Waals surface area contributed by atoms with Gasteiger partial charge in [0.2, 0.25) is 0 Å². The fraction of sp³-hybridized carbons (Fsp3) is 0.125. The molecule has 6 nitrogen and oxygen atoms in total. The van der Waals surface area contributed by atoms with E-state index in [0.29, 0.717) is 16.7 Å². The van der Waals surface area contributed by atoms with Crippen LogP contribution in [0.5, 0.6) is 0 Å². The smallest absolute Gasteiger partial charge is 0.189 e. The number of benzene rings is 1. The molecule has 0 aliphatic rings. The second-order valence-corrected chi connectivity index (χ2v) is 5.88. The Morgan fingerprint density at radius 1 is 1.33 bits per heavy atom. The van der Waals surface area contributed by atoms with E-state index >= 15 is 0 Å². The molecule has 120 valence electrons. The molecule has 2 N–H and O–H groups in total. The Kier molecular flexibility index (Phi) is 4.44. The molecular formula is C16H12FN5OS. The van der Waals surface area contributed by atoms with Gasteiger partial charge in [0, 0.05) is 16.9 Å². The van der Waals surface area contributed by atoms with E-state index in [4.69, 9.17) is 15.5 Å². The molecule has 0 atom stereocenters. The van der Waals surface area contributed by atoms with E-state index in [1.807, 2.05) is 13.0 Å². The lowest BCUT2D eigenvalue weighted by atomic mass is 10.1. The lowest BCUT2D eigenvalue weighted by molar-refractivity contribution is 0.426. The average Bonchev–Trinajstić information content (AvgIpc) is 2.95. The molecule has 3 aromatic rings. The van der Waals surface area contributed by atoms with Crippen molar-refractivity contribution in [3.05, 3.63) is 53.1 Å². The van der Waals surface area contributed by atoms with E-state index in [9.17, 15) is 4.39 Å². The number of nitrogen functional groups attached to an aromatic ring is 1. The summed E-state index contributed by atoms with van der Waals surface area (Å²) in [4.78, 5) is 8.15. The first-order valence-electron chi connectivity index (χ1n) is 6.95. The van der Waals surface area contributed by atoms with Crippen LogP contribution < -0.4 is 5.73 Å². The minimum Gasteiger partial charge on any atom is -0.382 e. The third-order valence-corrected chi connectivity index (χ3v) is 4.25. The summed E-state index contributed by atoms with van der Waals surface area (Å²) < 4.78 is 18.4. The predicted octanol–water partition coefficient (Wildman–Crippen LogP) is 3.33. The van der Waals surface area contributed by atoms with E-state index in [1.54, 1.807) is 12.1 Å². The van der Waals surface area contributed by atoms with Crippen LogP contribution >= 0.6 is 11.8 Å². The third-order valence-electron chi connectivity index (χ3n) is 3.38. The van der Waals surface area contributed by atoms with E-state index in [1.165, 1.54) is 30.1 Å². The van der Waals surface area contributed by atoms with Gasteiger partial charge in [0.25, 0.3) is 0 Å². The van der Waals surface area contributed by atoms with Crippen molar-refractivity contribution >= 4 is 17.6 Å². The molecule has 24 heavy (non-hydrogen) atoms. The number of thioether (sulfide) groups is 1. The maximum absolute atomic E-state index is 13.0. The van der Waals surface area contributed by atoms with Crippen LogP contribution in [0.3, 0.4) is 0 Å². The number of aromatic nitrogens is 3. The molecule has 0 radical (unpaired) electrons. The van der Waals surface area contributed by atoms with Crippen LogP contribution in [0.15, 0.2) is 40.1 Å². The first kappa shape index (κ1) is 16.0. The highest BCUT2D eigenvalue weighted by molar-refractivity contribution is 7.98. The molecule has 0 unspecified atom stereocenters. The summed E-state index contributed by atoms with van der Waals surface area (Å²) >= 11 is 1.34. The maximum atomic E-state index is 13.0. The SMILES string of the molecule is Cc1c(CSc2ncc(C#N)c(N)n2)noc1-c1ccc(F)cc1. The summed E-state index contributed by atoms with van der Waals surface area (Å²) in [5.41, 5.74) is 8.29. The van der Waals surface area contributed by atoms with E-state index in [0.717, 1.165) is 16.8 Å². The van der Waals surface area contributed by atoms with Gasteiger partial charge < -0.3 is 10.3 Å². The summed E-state index contributed by atoms with van der Waals surface area (Å²) in [6, 6.07) is 7.95. The highest BCUT2D eigenvalue weighted by Gasteiger charge is 2.15. The molecule has 2 heterocycles. The van der Waals surface area contributed by atoms with Crippen LogP contribution in [0.2, 0.25) is 0 Å². The van der Waals surface area contributed by atoms with Gasteiger partial charge in [0.15, 0.2) is 10.9 Å². The second kappa shape index (κ2) is 6.68. The van der Waals surface area contributed by atoms with Crippen LogP contribution in [0.25, 0.3) is 11.3 Å². The molecule has 0 saturated carbocycles. The van der Waals surface area contributed by atoms with Crippen molar-refractivity contribution in [3.63, 3.8) is 0 Å². The standard InChI is InChI=1S/C16H12FN5OS/c1-9-13(8-24-16-20-7-11(6-18)15(19)21-16)22-23-14(9)10-2-4-12(17)5-3-10/h2-5,7H,8H2,1H3,(H2,19,20,21). The van der Waals surface area contributed by atoms with Crippen LogP contribution in [-0.4, -0.2) is 15.1 Å². The summed E-state index contributed by atoms with van der Waals surface area (Å²) in [5.74, 6) is 0.939. The molecular weight excluding hydrogens is 329 g/mol. The Balaban J connectivity index is 1.76. The predicted molar refractivity (Wildman–Crippen MR) is 87.4 cm³/mol. The van der Waals surface area contributed by atoms with Gasteiger partial charge in [0.1, 0.15) is 23.3 Å². The molecule has 0 amide bonds. The van der Waals surface area contributed by atoms with Crippen molar-refractivity contribution in [2.45, 2.75) is 17.8 Å². The number of nitrogens with two attached hydrogens (primary N) is 1. The minimum absolute atomic E-state index is 0.152. The molecule has 0 saturated heterocycles. The molecule has 0 aliphatic carbocycles. The molecule has 0 bridgehead atoms. The fourth-order valence-electron chi connectivity index (χ4n) is 2.04. The van der Waals surface area contributed by atoms with E-state index in [2.05, 4.69) is 15.1 Å². The monoisotopic (exact) mass is 341 g/mol. The maximum Gasteiger partial charge on any atom is 0.189 e. The lowest BCUT2D eigenvalue weighted by Gasteiger charge is -2.01. The normalized spacial score (nSPS) is 10.5. The summed E-state index contributed by atoms with van der Waals surface area (Å²) in [5, 5.41) is 13.3. The van der Waals surface area contributed by atoms with Gasteiger partial charge in [-0.2, -0.15) is 5.26 Å². The van der Waals surface area contributed by atoms with Gasteiger partial charge in [-0.15, -0.1) is 0 Å². The zero-order valence-electron chi connectivity index (χ0n) is 12.7. The Morgan fingerprint density at radius 3 is 2.75 bits per heavy atom. The largest absolute Gasteiger partial charge is 0.382 e. The Labute approximate surface area is 141 Å². The van der Waals surface area contributed by atoms with Gasteiger partial charge in [-0.05, 0) is 31.2 Å². The van der Waals surface area contributed by atoms with Gasteiger partial charge in [-0.3, -0.25) is 0 Å². The van der Waals surface area contributed by atoms with Crippen LogP contribution in [0.1, 0.15) is 16.8 Å². The number of rotatable bonds is 4. The average molecular weight is 341 g/mol. The Bertz CT molecular complexity index is 917. The highest BCUT2D eigenvalue weighted by Crippen LogP contribution is 2.29. The number of nitrogens with zero attached hydrogens (tertiary/aromatic N) is 4. The Morgan fingerprint density at radius 2 is 2.08 bits per heavy atom. The van der Waals surface area contributed by atoms with Crippen LogP contribution in [-0.2, 0) is 5.75 Å². The van der Waals surface area contributed by atoms with Gasteiger partial charge in [-0.25, -0.2) is 14.4 Å². The lowest BCUT2D eigenvalue weighted by Crippen LogP contribution is -1.98. The molecule has 2 aromatic heterocycles. The van der Waals surface area contributed by atoms with Gasteiger partial charge >= 0.3 is 0 Å². The van der Waals surface area contributed by atoms with Crippen molar-refractivity contribution < 1.29 is 8.91 Å². The minimum atomic E-state index is -0.303. The molecule has 0 fully saturated rings. The van der Waals surface area contributed by atoms with Crippen molar-refractivity contribution in [3.8, 4) is 17.4 Å². The molecule has 0 spiro atoms. The van der Waals surface area contributed by atoms with Crippen molar-refractivity contribution in [1.82, 2.24) is 15.1 Å². The van der Waals surface area contributed by atoms with Gasteiger partial charge in [-0.1, -0.05) is 16.9 Å². The number of hydrogen-bond donors (Lipinski definition) is 1. The second-order valence-electron chi connectivity index (χ2n) is 4.94. The number of hydrogen-bond acceptors (Lipinski definition) is 7. The number of anilines is 1. The number of halogens is 1. The van der Waals surface area contributed by atoms with Crippen molar-refractivity contribution in [2.24, 2.45) is 0 Å². The van der Waals surface area contributed by atoms with Crippen molar-refractivity contribution in [1.29, 1.82) is 5.26 Å². The summed E-state index contributed by atoms with van der Waals surface area (Å²) in [6.07, 6.45) is 1.39. The van der Waals surface area contributed by atoms with Crippen LogP contribution in [0.4, 0.5) is 10.2 Å². The quantitative estimate of drug-likeness (QED) is 0.573. The fourth-order valence-corrected chi connectivity index (χ4v) is 2.87. The van der Waals surface area contributed by atoms with Gasteiger partial charge in [0.05, 0.1) is 11.9 Å². The molecule has 0 aliphatic heterocycles. The topological polar surface area (TPSA) is 102 Å². The molecule has 8 heteroatoms. The summed E-state index contributed by atoms with van der Waals surface area (Å²) in [7, 11) is 0. The first-order chi connectivity index (χ1) is 11.6. The Hall–Kier alpha value is -2.92. The van der Waals surface area contributed by atoms with Crippen molar-refractivity contribution in [2.75, 3.05) is 5.73 Å². The van der Waals surface area contributed by atoms with E-state index in [-0.39, 0.29) is 17.2 Å². The van der Waals surface area contributed by atoms with E-state index < -0.39 is 0 Å². The molecule has 1 aromatic carbocycles. The van der Waals surface area contributed by atoms with Crippen LogP contribution in [0, 0.1) is 24.1 Å². The first-order valence-corrected chi connectivity index (χ1v) is 7.93. The third kappa shape index (κ3) is 3.21. The zero-order valence-corrected chi connectivity index (χ0v) is 13.5. The highest BCUT2D eigenvalue weighted by atomic mass is 32.2. The number of nitriles is 1. The summed E-state index contributed by atoms with van der Waals surface area (Å²) in [6.45, 7) is 1.89.